The summed E-state index contributed by atoms with van der Waals surface area (Å²) in [5.74, 6) is -1.56. The van der Waals surface area contributed by atoms with Crippen molar-refractivity contribution in [2.45, 2.75) is 43.4 Å². The number of hydrogen-bond acceptors (Lipinski definition) is 5. The van der Waals surface area contributed by atoms with Gasteiger partial charge in [0.25, 0.3) is 0 Å². The number of thioether (sulfide) groups is 1. The molecule has 168 valence electrons. The van der Waals surface area contributed by atoms with Crippen LogP contribution in [0.25, 0.3) is 0 Å². The Labute approximate surface area is 189 Å². The first-order valence-electron chi connectivity index (χ1n) is 10.4. The fourth-order valence-electron chi connectivity index (χ4n) is 3.92. The lowest BCUT2D eigenvalue weighted by molar-refractivity contribution is -0.129. The largest absolute Gasteiger partial charge is 0.497 e. The molecular formula is C23H23F2N3O3S. The Kier molecular flexibility index (Phi) is 6.74. The summed E-state index contributed by atoms with van der Waals surface area (Å²) >= 11 is 1.24. The van der Waals surface area contributed by atoms with E-state index < -0.39 is 22.8 Å². The maximum Gasteiger partial charge on any atom is 0.242 e. The van der Waals surface area contributed by atoms with Gasteiger partial charge in [-0.15, -0.1) is 0 Å². The van der Waals surface area contributed by atoms with Crippen LogP contribution in [0.4, 0.5) is 20.2 Å². The van der Waals surface area contributed by atoms with E-state index >= 15 is 0 Å². The molecule has 2 fully saturated rings. The molecule has 2 aromatic carbocycles. The second-order valence-electron chi connectivity index (χ2n) is 7.72. The number of benzene rings is 2. The molecule has 2 aliphatic rings. The van der Waals surface area contributed by atoms with Gasteiger partial charge in [0, 0.05) is 18.5 Å². The van der Waals surface area contributed by atoms with Crippen LogP contribution in [0, 0.1) is 11.6 Å². The average molecular weight is 460 g/mol. The maximum atomic E-state index is 13.9. The second-order valence-corrected chi connectivity index (χ2v) is 8.89. The van der Waals surface area contributed by atoms with Crippen LogP contribution in [0.5, 0.6) is 5.75 Å². The quantitative estimate of drug-likeness (QED) is 0.669. The predicted molar refractivity (Wildman–Crippen MR) is 120 cm³/mol. The normalized spacial score (nSPS) is 20.2. The Morgan fingerprint density at radius 2 is 1.91 bits per heavy atom. The number of hydrogen-bond donors (Lipinski definition) is 1. The fourth-order valence-corrected chi connectivity index (χ4v) is 5.13. The van der Waals surface area contributed by atoms with Crippen LogP contribution < -0.4 is 10.1 Å². The smallest absolute Gasteiger partial charge is 0.242 e. The first kappa shape index (κ1) is 22.3. The first-order valence-corrected chi connectivity index (χ1v) is 11.3. The molecule has 1 N–H and O–H groups in total. The maximum absolute atomic E-state index is 13.9. The summed E-state index contributed by atoms with van der Waals surface area (Å²) in [7, 11) is 1.58. The van der Waals surface area contributed by atoms with Gasteiger partial charge in [-0.25, -0.2) is 13.8 Å². The van der Waals surface area contributed by atoms with E-state index in [0.717, 1.165) is 37.8 Å². The van der Waals surface area contributed by atoms with E-state index in [-0.39, 0.29) is 24.1 Å². The van der Waals surface area contributed by atoms with Crippen LogP contribution in [0.2, 0.25) is 0 Å². The fraction of sp³-hybridized carbons (Fsp3) is 0.348. The van der Waals surface area contributed by atoms with E-state index in [1.165, 1.54) is 11.8 Å². The third kappa shape index (κ3) is 4.93. The molecule has 6 nitrogen and oxygen atoms in total. The SMILES string of the molecule is COc1ccc(N=C2SC(CC(=O)Nc3ccc(F)cc3F)C(=O)N2C2CCCC2)cc1. The van der Waals surface area contributed by atoms with Gasteiger partial charge in [0.1, 0.15) is 22.6 Å². The highest BCUT2D eigenvalue weighted by Crippen LogP contribution is 2.37. The molecule has 1 saturated carbocycles. The van der Waals surface area contributed by atoms with Gasteiger partial charge in [0.2, 0.25) is 11.8 Å². The number of halogens is 2. The standard InChI is InChI=1S/C23H23F2N3O3S/c1-31-17-9-7-15(8-10-17)26-23-28(16-4-2-3-5-16)22(30)20(32-23)13-21(29)27-19-11-6-14(24)12-18(19)25/h6-12,16,20H,2-5,13H2,1H3,(H,27,29). The first-order chi connectivity index (χ1) is 15.4. The van der Waals surface area contributed by atoms with Gasteiger partial charge in [-0.3, -0.25) is 14.5 Å². The third-order valence-electron chi connectivity index (χ3n) is 5.53. The molecule has 32 heavy (non-hydrogen) atoms. The Balaban J connectivity index is 1.51. The Bertz CT molecular complexity index is 1040. The molecule has 2 amide bonds. The number of ether oxygens (including phenoxy) is 1. The molecule has 0 aromatic heterocycles. The lowest BCUT2D eigenvalue weighted by atomic mass is 10.2. The predicted octanol–water partition coefficient (Wildman–Crippen LogP) is 4.88. The van der Waals surface area contributed by atoms with Crippen molar-refractivity contribution in [3.63, 3.8) is 0 Å². The van der Waals surface area contributed by atoms with Crippen LogP contribution >= 0.6 is 11.8 Å². The van der Waals surface area contributed by atoms with Crippen molar-refractivity contribution < 1.29 is 23.1 Å². The molecule has 4 rings (SSSR count). The Hall–Kier alpha value is -2.94. The van der Waals surface area contributed by atoms with Crippen molar-refractivity contribution in [1.82, 2.24) is 4.90 Å². The summed E-state index contributed by atoms with van der Waals surface area (Å²) in [6.45, 7) is 0. The minimum atomic E-state index is -0.863. The number of amides is 2. The van der Waals surface area contributed by atoms with Crippen LogP contribution in [-0.2, 0) is 9.59 Å². The van der Waals surface area contributed by atoms with Crippen LogP contribution in [0.15, 0.2) is 47.5 Å². The topological polar surface area (TPSA) is 71.0 Å². The molecule has 1 unspecified atom stereocenters. The van der Waals surface area contributed by atoms with Crippen molar-refractivity contribution in [2.24, 2.45) is 4.99 Å². The Morgan fingerprint density at radius 1 is 1.19 bits per heavy atom. The number of amidine groups is 1. The van der Waals surface area contributed by atoms with Crippen molar-refractivity contribution in [3.8, 4) is 5.75 Å². The summed E-state index contributed by atoms with van der Waals surface area (Å²) in [6, 6.07) is 10.2. The number of anilines is 1. The molecule has 0 spiro atoms. The van der Waals surface area contributed by atoms with Gasteiger partial charge in [0.05, 0.1) is 18.5 Å². The van der Waals surface area contributed by atoms with E-state index in [9.17, 15) is 18.4 Å². The number of carbonyl (C=O) groups excluding carboxylic acids is 2. The summed E-state index contributed by atoms with van der Waals surface area (Å²) < 4.78 is 32.1. The van der Waals surface area contributed by atoms with Gasteiger partial charge in [-0.05, 0) is 49.2 Å². The van der Waals surface area contributed by atoms with Crippen molar-refractivity contribution in [2.75, 3.05) is 12.4 Å². The minimum absolute atomic E-state index is 0.0644. The number of nitrogens with zero attached hydrogens (tertiary/aromatic N) is 2. The van der Waals surface area contributed by atoms with Crippen LogP contribution in [0.3, 0.4) is 0 Å². The number of nitrogens with one attached hydrogen (secondary N) is 1. The van der Waals surface area contributed by atoms with Gasteiger partial charge in [-0.1, -0.05) is 24.6 Å². The molecule has 1 heterocycles. The highest BCUT2D eigenvalue weighted by atomic mass is 32.2. The Morgan fingerprint density at radius 3 is 2.56 bits per heavy atom. The molecule has 1 aliphatic heterocycles. The molecule has 9 heteroatoms. The zero-order valence-corrected chi connectivity index (χ0v) is 18.3. The summed E-state index contributed by atoms with van der Waals surface area (Å²) in [4.78, 5) is 32.1. The van der Waals surface area contributed by atoms with Crippen molar-refractivity contribution in [1.29, 1.82) is 0 Å². The molecule has 2 aromatic rings. The van der Waals surface area contributed by atoms with Crippen LogP contribution in [0.1, 0.15) is 32.1 Å². The van der Waals surface area contributed by atoms with Gasteiger partial charge in [0.15, 0.2) is 5.17 Å². The molecule has 0 radical (unpaired) electrons. The van der Waals surface area contributed by atoms with Crippen LogP contribution in [-0.4, -0.2) is 40.3 Å². The monoisotopic (exact) mass is 459 g/mol. The lowest BCUT2D eigenvalue weighted by Gasteiger charge is -2.23. The third-order valence-corrected chi connectivity index (χ3v) is 6.68. The summed E-state index contributed by atoms with van der Waals surface area (Å²) in [6.07, 6.45) is 3.75. The zero-order valence-electron chi connectivity index (χ0n) is 17.5. The van der Waals surface area contributed by atoms with Crippen molar-refractivity contribution in [3.05, 3.63) is 54.1 Å². The summed E-state index contributed by atoms with van der Waals surface area (Å²) in [5, 5.41) is 2.34. The molecule has 1 aliphatic carbocycles. The summed E-state index contributed by atoms with van der Waals surface area (Å²) in [5.41, 5.74) is 0.564. The van der Waals surface area contributed by atoms with E-state index in [1.54, 1.807) is 36.3 Å². The van der Waals surface area contributed by atoms with E-state index in [2.05, 4.69) is 10.3 Å². The highest BCUT2D eigenvalue weighted by Gasteiger charge is 2.43. The lowest BCUT2D eigenvalue weighted by Crippen LogP contribution is -2.40. The van der Waals surface area contributed by atoms with Gasteiger partial charge in [-0.2, -0.15) is 0 Å². The second kappa shape index (κ2) is 9.68. The average Bonchev–Trinajstić information content (AvgIpc) is 3.39. The van der Waals surface area contributed by atoms with E-state index in [1.807, 2.05) is 0 Å². The van der Waals surface area contributed by atoms with Gasteiger partial charge >= 0.3 is 0 Å². The zero-order chi connectivity index (χ0) is 22.7. The number of rotatable bonds is 6. The molecule has 0 bridgehead atoms. The highest BCUT2D eigenvalue weighted by molar-refractivity contribution is 8.15. The number of aliphatic imine (C=N–C) groups is 1. The molecule has 1 atom stereocenters. The van der Waals surface area contributed by atoms with Crippen molar-refractivity contribution >= 4 is 40.1 Å². The molecular weight excluding hydrogens is 436 g/mol. The molecule has 1 saturated heterocycles. The number of carbonyl (C=O) groups is 2. The van der Waals surface area contributed by atoms with E-state index in [0.29, 0.717) is 22.7 Å². The number of methoxy groups -OCH3 is 1. The van der Waals surface area contributed by atoms with E-state index in [4.69, 9.17) is 4.74 Å². The minimum Gasteiger partial charge on any atom is -0.497 e. The van der Waals surface area contributed by atoms with Gasteiger partial charge < -0.3 is 10.1 Å².